The van der Waals surface area contributed by atoms with E-state index in [0.717, 1.165) is 6.92 Å². The van der Waals surface area contributed by atoms with Gasteiger partial charge in [0.2, 0.25) is 9.58 Å². The molecule has 0 saturated carbocycles. The zero-order valence-electron chi connectivity index (χ0n) is 5.57. The Balaban J connectivity index is 3.73. The van der Waals surface area contributed by atoms with E-state index in [1.54, 1.807) is 0 Å². The molecular formula is C5H5Cl3O3. The molecule has 0 unspecified atom stereocenters. The Labute approximate surface area is 78.5 Å². The number of Topliss-reactive ketones (excluding diaryl/α,β-unsaturated/α-hetero) is 1. The molecule has 0 aromatic rings. The average molecular weight is 219 g/mol. The van der Waals surface area contributed by atoms with E-state index in [4.69, 9.17) is 34.8 Å². The first-order valence-electron chi connectivity index (χ1n) is 2.57. The quantitative estimate of drug-likeness (QED) is 0.401. The van der Waals surface area contributed by atoms with Crippen molar-refractivity contribution >= 4 is 46.6 Å². The number of halogens is 3. The van der Waals surface area contributed by atoms with Crippen molar-refractivity contribution in [3.8, 4) is 0 Å². The van der Waals surface area contributed by atoms with E-state index in [-0.39, 0.29) is 0 Å². The topological polar surface area (TPSA) is 43.4 Å². The number of rotatable bonds is 2. The zero-order valence-corrected chi connectivity index (χ0v) is 7.83. The van der Waals surface area contributed by atoms with Crippen LogP contribution in [0.2, 0.25) is 0 Å². The van der Waals surface area contributed by atoms with Crippen LogP contribution in [-0.2, 0) is 14.3 Å². The molecule has 6 heteroatoms. The molecule has 11 heavy (non-hydrogen) atoms. The van der Waals surface area contributed by atoms with Crippen molar-refractivity contribution in [2.75, 3.05) is 6.61 Å². The van der Waals surface area contributed by atoms with Gasteiger partial charge >= 0.3 is 5.97 Å². The second kappa shape index (κ2) is 4.14. The normalized spacial score (nSPS) is 10.9. The Bertz CT molecular complexity index is 172. The summed E-state index contributed by atoms with van der Waals surface area (Å²) in [5, 5.41) is 0. The van der Waals surface area contributed by atoms with Crippen molar-refractivity contribution in [1.82, 2.24) is 0 Å². The fourth-order valence-corrected chi connectivity index (χ4v) is 0.413. The molecule has 0 atom stereocenters. The van der Waals surface area contributed by atoms with Crippen molar-refractivity contribution in [2.24, 2.45) is 0 Å². The number of ether oxygens (including phenoxy) is 1. The molecule has 0 aliphatic heterocycles. The molecule has 0 aromatic heterocycles. The lowest BCUT2D eigenvalue weighted by Gasteiger charge is -2.09. The number of alkyl halides is 3. The van der Waals surface area contributed by atoms with Crippen molar-refractivity contribution in [2.45, 2.75) is 10.7 Å². The maximum atomic E-state index is 10.4. The molecule has 0 heterocycles. The minimum Gasteiger partial charge on any atom is -0.455 e. The van der Waals surface area contributed by atoms with Gasteiger partial charge in [-0.05, 0) is 0 Å². The Morgan fingerprint density at radius 1 is 1.36 bits per heavy atom. The van der Waals surface area contributed by atoms with Crippen molar-refractivity contribution in [1.29, 1.82) is 0 Å². The first-order chi connectivity index (χ1) is 4.83. The smallest absolute Gasteiger partial charge is 0.374 e. The number of hydrogen-bond donors (Lipinski definition) is 0. The fraction of sp³-hybridized carbons (Fsp3) is 0.600. The van der Waals surface area contributed by atoms with Crippen LogP contribution in [0.25, 0.3) is 0 Å². The van der Waals surface area contributed by atoms with Gasteiger partial charge in [0.25, 0.3) is 0 Å². The second-order valence-corrected chi connectivity index (χ2v) is 4.26. The van der Waals surface area contributed by atoms with Crippen LogP contribution in [0.4, 0.5) is 0 Å². The van der Waals surface area contributed by atoms with Gasteiger partial charge < -0.3 is 4.74 Å². The second-order valence-electron chi connectivity index (χ2n) is 1.75. The van der Waals surface area contributed by atoms with E-state index >= 15 is 0 Å². The molecule has 0 aliphatic rings. The SMILES string of the molecule is CC(=O)C(=O)OCC(Cl)(Cl)Cl. The van der Waals surface area contributed by atoms with Crippen LogP contribution in [0.5, 0.6) is 0 Å². The van der Waals surface area contributed by atoms with Gasteiger partial charge in [-0.3, -0.25) is 4.79 Å². The van der Waals surface area contributed by atoms with Gasteiger partial charge in [0.1, 0.15) is 6.61 Å². The fourth-order valence-electron chi connectivity index (χ4n) is 0.249. The lowest BCUT2D eigenvalue weighted by molar-refractivity contribution is -0.152. The number of carbonyl (C=O) groups excluding carboxylic acids is 2. The monoisotopic (exact) mass is 218 g/mol. The number of ketones is 1. The van der Waals surface area contributed by atoms with E-state index in [1.165, 1.54) is 0 Å². The predicted molar refractivity (Wildman–Crippen MR) is 41.9 cm³/mol. The summed E-state index contributed by atoms with van der Waals surface area (Å²) in [5.74, 6) is -1.73. The maximum Gasteiger partial charge on any atom is 0.374 e. The first kappa shape index (κ1) is 11.0. The number of esters is 1. The van der Waals surface area contributed by atoms with E-state index < -0.39 is 22.2 Å². The molecule has 0 aromatic carbocycles. The molecule has 64 valence electrons. The summed E-state index contributed by atoms with van der Waals surface area (Å²) < 4.78 is 2.62. The summed E-state index contributed by atoms with van der Waals surface area (Å²) in [5.41, 5.74) is 0. The molecule has 0 rings (SSSR count). The predicted octanol–water partition coefficient (Wildman–Crippen LogP) is 1.49. The third kappa shape index (κ3) is 6.41. The standard InChI is InChI=1S/C5H5Cl3O3/c1-3(9)4(10)11-2-5(6,7)8/h2H2,1H3. The van der Waals surface area contributed by atoms with E-state index in [0.29, 0.717) is 0 Å². The maximum absolute atomic E-state index is 10.4. The minimum absolute atomic E-state index is 0.421. The summed E-state index contributed by atoms with van der Waals surface area (Å²) in [7, 11) is 0. The van der Waals surface area contributed by atoms with Crippen LogP contribution in [-0.4, -0.2) is 22.2 Å². The van der Waals surface area contributed by atoms with Gasteiger partial charge in [0.15, 0.2) is 0 Å². The highest BCUT2D eigenvalue weighted by Crippen LogP contribution is 2.25. The summed E-state index contributed by atoms with van der Waals surface area (Å²) >= 11 is 15.7. The van der Waals surface area contributed by atoms with Gasteiger partial charge in [0, 0.05) is 6.92 Å². The van der Waals surface area contributed by atoms with Crippen LogP contribution in [0, 0.1) is 0 Å². The molecule has 0 N–H and O–H groups in total. The summed E-state index contributed by atoms with van der Waals surface area (Å²) in [6.45, 7) is 0.650. The molecule has 0 aliphatic carbocycles. The van der Waals surface area contributed by atoms with Crippen molar-refractivity contribution < 1.29 is 14.3 Å². The Morgan fingerprint density at radius 3 is 2.09 bits per heavy atom. The lowest BCUT2D eigenvalue weighted by Crippen LogP contribution is -2.21. The first-order valence-corrected chi connectivity index (χ1v) is 3.71. The van der Waals surface area contributed by atoms with Gasteiger partial charge in [-0.15, -0.1) is 0 Å². The highest BCUT2D eigenvalue weighted by molar-refractivity contribution is 6.67. The largest absolute Gasteiger partial charge is 0.455 e. The third-order valence-electron chi connectivity index (χ3n) is 0.654. The summed E-state index contributed by atoms with van der Waals surface area (Å²) in [6, 6.07) is 0. The van der Waals surface area contributed by atoms with Crippen LogP contribution in [0.3, 0.4) is 0 Å². The molecular weight excluding hydrogens is 214 g/mol. The van der Waals surface area contributed by atoms with Crippen LogP contribution < -0.4 is 0 Å². The van der Waals surface area contributed by atoms with Crippen LogP contribution >= 0.6 is 34.8 Å². The Kier molecular flexibility index (Phi) is 4.14. The van der Waals surface area contributed by atoms with Gasteiger partial charge in [-0.25, -0.2) is 4.79 Å². The van der Waals surface area contributed by atoms with E-state index in [1.807, 2.05) is 0 Å². The Morgan fingerprint density at radius 2 is 1.82 bits per heavy atom. The van der Waals surface area contributed by atoms with Crippen LogP contribution in [0.15, 0.2) is 0 Å². The summed E-state index contributed by atoms with van der Waals surface area (Å²) in [6.07, 6.45) is 0. The van der Waals surface area contributed by atoms with Gasteiger partial charge in [-0.2, -0.15) is 0 Å². The third-order valence-corrected chi connectivity index (χ3v) is 0.982. The lowest BCUT2D eigenvalue weighted by atomic mass is 10.5. The number of carbonyl (C=O) groups is 2. The minimum atomic E-state index is -1.66. The molecule has 0 spiro atoms. The summed E-state index contributed by atoms with van der Waals surface area (Å²) in [4.78, 5) is 20.7. The highest BCUT2D eigenvalue weighted by Gasteiger charge is 2.23. The van der Waals surface area contributed by atoms with Gasteiger partial charge in [0.05, 0.1) is 0 Å². The van der Waals surface area contributed by atoms with E-state index in [2.05, 4.69) is 4.74 Å². The Hall–Kier alpha value is 0.01000. The molecule has 0 saturated heterocycles. The van der Waals surface area contributed by atoms with Gasteiger partial charge in [-0.1, -0.05) is 34.8 Å². The molecule has 0 radical (unpaired) electrons. The molecule has 0 amide bonds. The molecule has 3 nitrogen and oxygen atoms in total. The zero-order chi connectivity index (χ0) is 9.07. The number of hydrogen-bond acceptors (Lipinski definition) is 3. The molecule has 0 fully saturated rings. The average Bonchev–Trinajstić information content (AvgIpc) is 1.80. The van der Waals surface area contributed by atoms with Crippen molar-refractivity contribution in [3.05, 3.63) is 0 Å². The molecule has 0 bridgehead atoms. The highest BCUT2D eigenvalue weighted by atomic mass is 35.6. The van der Waals surface area contributed by atoms with E-state index in [9.17, 15) is 9.59 Å². The van der Waals surface area contributed by atoms with Crippen molar-refractivity contribution in [3.63, 3.8) is 0 Å². The van der Waals surface area contributed by atoms with Crippen LogP contribution in [0.1, 0.15) is 6.92 Å².